The number of aromatic nitrogens is 2. The van der Waals surface area contributed by atoms with Crippen molar-refractivity contribution in [1.29, 1.82) is 0 Å². The van der Waals surface area contributed by atoms with E-state index in [-0.39, 0.29) is 24.9 Å². The van der Waals surface area contributed by atoms with Gasteiger partial charge in [-0.1, -0.05) is 23.4 Å². The molecule has 2 rings (SSSR count). The lowest BCUT2D eigenvalue weighted by molar-refractivity contribution is -0.120. The molecule has 1 amide bonds. The summed E-state index contributed by atoms with van der Waals surface area (Å²) in [6.07, 6.45) is 0. The molecule has 0 radical (unpaired) electrons. The highest BCUT2D eigenvalue weighted by molar-refractivity contribution is 5.85. The van der Waals surface area contributed by atoms with Crippen LogP contribution in [0.5, 0.6) is 5.75 Å². The van der Waals surface area contributed by atoms with E-state index in [1.54, 1.807) is 21.1 Å². The third-order valence-corrected chi connectivity index (χ3v) is 2.89. The van der Waals surface area contributed by atoms with E-state index in [1.807, 2.05) is 24.3 Å². The number of halogens is 1. The molecule has 1 atom stereocenters. The van der Waals surface area contributed by atoms with Gasteiger partial charge in [-0.05, 0) is 13.1 Å². The van der Waals surface area contributed by atoms with Gasteiger partial charge in [0.2, 0.25) is 11.8 Å². The Morgan fingerprint density at radius 2 is 2.14 bits per heavy atom. The molecule has 22 heavy (non-hydrogen) atoms. The fourth-order valence-corrected chi connectivity index (χ4v) is 1.99. The Morgan fingerprint density at radius 3 is 2.73 bits per heavy atom. The number of para-hydroxylation sites is 1. The Kier molecular flexibility index (Phi) is 6.81. The molecule has 0 saturated heterocycles. The van der Waals surface area contributed by atoms with Crippen molar-refractivity contribution in [2.45, 2.75) is 13.0 Å². The molecule has 1 heterocycles. The summed E-state index contributed by atoms with van der Waals surface area (Å²) in [7, 11) is 3.28. The van der Waals surface area contributed by atoms with Gasteiger partial charge in [-0.2, -0.15) is 4.98 Å². The number of nitrogens with one attached hydrogen (secondary N) is 2. The summed E-state index contributed by atoms with van der Waals surface area (Å²) in [5.74, 6) is 1.31. The van der Waals surface area contributed by atoms with Crippen LogP contribution < -0.4 is 15.4 Å². The first-order valence-electron chi connectivity index (χ1n) is 6.52. The molecule has 0 fully saturated rings. The summed E-state index contributed by atoms with van der Waals surface area (Å²) in [4.78, 5) is 16.1. The molecule has 0 saturated carbocycles. The predicted molar refractivity (Wildman–Crippen MR) is 83.2 cm³/mol. The smallest absolute Gasteiger partial charge is 0.234 e. The second kappa shape index (κ2) is 8.35. The van der Waals surface area contributed by atoms with E-state index >= 15 is 0 Å². The van der Waals surface area contributed by atoms with Gasteiger partial charge in [0.15, 0.2) is 5.82 Å². The molecule has 0 bridgehead atoms. The lowest BCUT2D eigenvalue weighted by Gasteiger charge is -2.18. The number of likely N-dealkylation sites (N-methyl/N-ethyl adjacent to an activating group) is 1. The van der Waals surface area contributed by atoms with Gasteiger partial charge >= 0.3 is 0 Å². The van der Waals surface area contributed by atoms with Gasteiger partial charge in [-0.25, -0.2) is 0 Å². The largest absolute Gasteiger partial charge is 0.496 e. The van der Waals surface area contributed by atoms with Crippen molar-refractivity contribution in [2.24, 2.45) is 0 Å². The highest BCUT2D eigenvalue weighted by Gasteiger charge is 2.24. The number of rotatable bonds is 6. The van der Waals surface area contributed by atoms with Gasteiger partial charge < -0.3 is 19.9 Å². The van der Waals surface area contributed by atoms with Crippen molar-refractivity contribution in [1.82, 2.24) is 20.8 Å². The minimum absolute atomic E-state index is 0. The Labute approximate surface area is 134 Å². The number of nitrogens with zero attached hydrogens (tertiary/aromatic N) is 2. The monoisotopic (exact) mass is 326 g/mol. The number of ether oxygens (including phenoxy) is 1. The zero-order valence-corrected chi connectivity index (χ0v) is 13.4. The van der Waals surface area contributed by atoms with Crippen molar-refractivity contribution >= 4 is 18.3 Å². The molecule has 120 valence electrons. The van der Waals surface area contributed by atoms with E-state index in [1.165, 1.54) is 0 Å². The maximum absolute atomic E-state index is 11.9. The van der Waals surface area contributed by atoms with Crippen molar-refractivity contribution in [3.8, 4) is 5.75 Å². The second-order valence-electron chi connectivity index (χ2n) is 4.44. The van der Waals surface area contributed by atoms with E-state index < -0.39 is 6.04 Å². The average molecular weight is 327 g/mol. The molecule has 0 aliphatic carbocycles. The molecule has 1 unspecified atom stereocenters. The summed E-state index contributed by atoms with van der Waals surface area (Å²) in [6, 6.07) is 6.87. The molecule has 8 heteroatoms. The van der Waals surface area contributed by atoms with Crippen LogP contribution in [-0.2, 0) is 4.79 Å². The van der Waals surface area contributed by atoms with Crippen LogP contribution >= 0.6 is 12.4 Å². The molecule has 0 aliphatic rings. The van der Waals surface area contributed by atoms with E-state index in [9.17, 15) is 4.79 Å². The molecule has 0 aliphatic heterocycles. The average Bonchev–Trinajstić information content (AvgIpc) is 2.91. The van der Waals surface area contributed by atoms with Gasteiger partial charge in [0.05, 0.1) is 13.7 Å². The number of methoxy groups -OCH3 is 1. The SMILES string of the molecule is CNCC(=O)NC(c1noc(C)n1)c1ccccc1OC.Cl. The van der Waals surface area contributed by atoms with Crippen LogP contribution in [0.2, 0.25) is 0 Å². The topological polar surface area (TPSA) is 89.3 Å². The summed E-state index contributed by atoms with van der Waals surface area (Å²) < 4.78 is 10.4. The van der Waals surface area contributed by atoms with Crippen LogP contribution in [-0.4, -0.2) is 36.8 Å². The number of hydrogen-bond donors (Lipinski definition) is 2. The van der Waals surface area contributed by atoms with E-state index in [0.717, 1.165) is 5.56 Å². The standard InChI is InChI=1S/C14H18N4O3.ClH/c1-9-16-14(18-21-9)13(17-12(19)8-15-2)10-6-4-5-7-11(10)20-3;/h4-7,13,15H,8H2,1-3H3,(H,17,19);1H. The normalized spacial score (nSPS) is 11.4. The van der Waals surface area contributed by atoms with Crippen molar-refractivity contribution in [3.05, 3.63) is 41.5 Å². The van der Waals surface area contributed by atoms with Gasteiger partial charge in [-0.15, -0.1) is 12.4 Å². The minimum Gasteiger partial charge on any atom is -0.496 e. The van der Waals surface area contributed by atoms with Crippen molar-refractivity contribution < 1.29 is 14.1 Å². The first kappa shape index (κ1) is 17.9. The molecule has 1 aromatic carbocycles. The van der Waals surface area contributed by atoms with Crippen molar-refractivity contribution in [2.75, 3.05) is 20.7 Å². The quantitative estimate of drug-likeness (QED) is 0.830. The predicted octanol–water partition coefficient (Wildman–Crippen LogP) is 1.23. The third-order valence-electron chi connectivity index (χ3n) is 2.89. The highest BCUT2D eigenvalue weighted by atomic mass is 35.5. The Morgan fingerprint density at radius 1 is 1.41 bits per heavy atom. The number of aryl methyl sites for hydroxylation is 1. The van der Waals surface area contributed by atoms with Crippen LogP contribution in [0.3, 0.4) is 0 Å². The number of amides is 1. The molecule has 2 aromatic rings. The Balaban J connectivity index is 0.00000242. The van der Waals surface area contributed by atoms with Crippen LogP contribution in [0.4, 0.5) is 0 Å². The summed E-state index contributed by atoms with van der Waals surface area (Å²) in [5.41, 5.74) is 0.769. The van der Waals surface area contributed by atoms with Gasteiger partial charge in [0.1, 0.15) is 11.8 Å². The minimum atomic E-state index is -0.528. The summed E-state index contributed by atoms with van der Waals surface area (Å²) in [5, 5.41) is 9.58. The highest BCUT2D eigenvalue weighted by Crippen LogP contribution is 2.28. The van der Waals surface area contributed by atoms with Gasteiger partial charge in [0, 0.05) is 12.5 Å². The Hall–Kier alpha value is -2.12. The molecular formula is C14H19ClN4O3. The van der Waals surface area contributed by atoms with Crippen LogP contribution in [0, 0.1) is 6.92 Å². The lowest BCUT2D eigenvalue weighted by atomic mass is 10.0. The fourth-order valence-electron chi connectivity index (χ4n) is 1.99. The fraction of sp³-hybridized carbons (Fsp3) is 0.357. The van der Waals surface area contributed by atoms with Crippen molar-refractivity contribution in [3.63, 3.8) is 0 Å². The molecular weight excluding hydrogens is 308 g/mol. The first-order valence-corrected chi connectivity index (χ1v) is 6.52. The zero-order valence-electron chi connectivity index (χ0n) is 12.6. The molecule has 1 aromatic heterocycles. The summed E-state index contributed by atoms with van der Waals surface area (Å²) >= 11 is 0. The Bertz CT molecular complexity index is 618. The number of carbonyl (C=O) groups excluding carboxylic acids is 1. The zero-order chi connectivity index (χ0) is 15.2. The molecule has 0 spiro atoms. The maximum Gasteiger partial charge on any atom is 0.234 e. The number of hydrogen-bond acceptors (Lipinski definition) is 6. The van der Waals surface area contributed by atoms with Gasteiger partial charge in [-0.3, -0.25) is 4.79 Å². The lowest BCUT2D eigenvalue weighted by Crippen LogP contribution is -2.36. The number of benzene rings is 1. The number of carbonyl (C=O) groups is 1. The summed E-state index contributed by atoms with van der Waals surface area (Å²) in [6.45, 7) is 1.90. The maximum atomic E-state index is 11.9. The van der Waals surface area contributed by atoms with Crippen LogP contribution in [0.15, 0.2) is 28.8 Å². The second-order valence-corrected chi connectivity index (χ2v) is 4.44. The third kappa shape index (κ3) is 4.19. The van der Waals surface area contributed by atoms with Gasteiger partial charge in [0.25, 0.3) is 0 Å². The van der Waals surface area contributed by atoms with E-state index in [4.69, 9.17) is 9.26 Å². The van der Waals surface area contributed by atoms with E-state index in [2.05, 4.69) is 20.8 Å². The molecule has 7 nitrogen and oxygen atoms in total. The van der Waals surface area contributed by atoms with Crippen LogP contribution in [0.1, 0.15) is 23.3 Å². The molecule has 2 N–H and O–H groups in total. The van der Waals surface area contributed by atoms with E-state index in [0.29, 0.717) is 17.5 Å². The first-order chi connectivity index (χ1) is 10.2. The van der Waals surface area contributed by atoms with Crippen LogP contribution in [0.25, 0.3) is 0 Å².